The maximum atomic E-state index is 12.6. The number of likely N-dealkylation sites (tertiary alicyclic amines) is 1. The van der Waals surface area contributed by atoms with Crippen LogP contribution in [0.5, 0.6) is 0 Å². The quantitative estimate of drug-likeness (QED) is 0.730. The highest BCUT2D eigenvalue weighted by Gasteiger charge is 2.38. The molecule has 0 aromatic heterocycles. The van der Waals surface area contributed by atoms with Gasteiger partial charge in [-0.05, 0) is 37.5 Å². The minimum absolute atomic E-state index is 0. The van der Waals surface area contributed by atoms with E-state index in [1.807, 2.05) is 0 Å². The number of nitrogens with zero attached hydrogens (tertiary/aromatic N) is 2. The maximum absolute atomic E-state index is 12.6. The second-order valence-corrected chi connectivity index (χ2v) is 7.57. The van der Waals surface area contributed by atoms with E-state index in [9.17, 15) is 14.4 Å². The molecule has 1 aromatic carbocycles. The van der Waals surface area contributed by atoms with Gasteiger partial charge in [-0.2, -0.15) is 0 Å². The number of rotatable bonds is 2. The predicted molar refractivity (Wildman–Crippen MR) is 97.9 cm³/mol. The van der Waals surface area contributed by atoms with E-state index < -0.39 is 0 Å². The lowest BCUT2D eigenvalue weighted by atomic mass is 10.1. The summed E-state index contributed by atoms with van der Waals surface area (Å²) in [6, 6.07) is 5.81. The Morgan fingerprint density at radius 1 is 1.12 bits per heavy atom. The van der Waals surface area contributed by atoms with Crippen molar-refractivity contribution in [1.29, 1.82) is 0 Å². The van der Waals surface area contributed by atoms with Gasteiger partial charge in [0, 0.05) is 29.6 Å². The summed E-state index contributed by atoms with van der Waals surface area (Å²) in [5.74, 6) is -0.928. The number of carbonyl (C=O) groups excluding carboxylic acids is 3. The number of hydrogen-bond acceptors (Lipinski definition) is 4. The summed E-state index contributed by atoms with van der Waals surface area (Å²) in [4.78, 5) is 40.4. The SMILES string of the molecule is Cl.O=C(CN1C(=O)c2ccc(Br)cc2C1=O)N1CCC2CCC(C1)N2. The van der Waals surface area contributed by atoms with Crippen LogP contribution >= 0.6 is 28.3 Å². The molecule has 3 amide bonds. The number of carbonyl (C=O) groups is 3. The average molecular weight is 429 g/mol. The number of hydrogen-bond donors (Lipinski definition) is 1. The number of amides is 3. The summed E-state index contributed by atoms with van der Waals surface area (Å²) in [5, 5.41) is 3.52. The molecule has 0 saturated carbocycles. The van der Waals surface area contributed by atoms with E-state index in [-0.39, 0.29) is 36.7 Å². The van der Waals surface area contributed by atoms with Crippen LogP contribution in [0, 0.1) is 0 Å². The van der Waals surface area contributed by atoms with Crippen molar-refractivity contribution in [2.45, 2.75) is 31.3 Å². The Morgan fingerprint density at radius 3 is 2.64 bits per heavy atom. The van der Waals surface area contributed by atoms with E-state index in [4.69, 9.17) is 0 Å². The molecule has 2 atom stereocenters. The van der Waals surface area contributed by atoms with Gasteiger partial charge in [-0.15, -0.1) is 12.4 Å². The molecule has 2 fully saturated rings. The van der Waals surface area contributed by atoms with Crippen LogP contribution in [0.15, 0.2) is 22.7 Å². The van der Waals surface area contributed by atoms with E-state index in [2.05, 4.69) is 21.2 Å². The molecule has 0 spiro atoms. The first-order valence-electron chi connectivity index (χ1n) is 8.22. The first kappa shape index (κ1) is 18.4. The van der Waals surface area contributed by atoms with Crippen molar-refractivity contribution in [2.24, 2.45) is 0 Å². The molecule has 8 heteroatoms. The molecule has 2 bridgehead atoms. The molecule has 0 aliphatic carbocycles. The smallest absolute Gasteiger partial charge is 0.262 e. The first-order chi connectivity index (χ1) is 11.5. The Labute approximate surface area is 160 Å². The van der Waals surface area contributed by atoms with Gasteiger partial charge in [-0.25, -0.2) is 0 Å². The molecule has 25 heavy (non-hydrogen) atoms. The monoisotopic (exact) mass is 427 g/mol. The lowest BCUT2D eigenvalue weighted by molar-refractivity contribution is -0.131. The number of nitrogens with one attached hydrogen (secondary N) is 1. The molecule has 2 saturated heterocycles. The van der Waals surface area contributed by atoms with Gasteiger partial charge in [-0.3, -0.25) is 19.3 Å². The van der Waals surface area contributed by atoms with Crippen molar-refractivity contribution in [3.8, 4) is 0 Å². The number of halogens is 2. The zero-order valence-corrected chi connectivity index (χ0v) is 15.9. The van der Waals surface area contributed by atoms with Crippen LogP contribution in [0.1, 0.15) is 40.0 Å². The molecule has 3 heterocycles. The third-order valence-electron chi connectivity index (χ3n) is 5.10. The molecule has 134 valence electrons. The van der Waals surface area contributed by atoms with E-state index in [1.165, 1.54) is 6.42 Å². The van der Waals surface area contributed by atoms with Gasteiger partial charge in [0.1, 0.15) is 6.54 Å². The Morgan fingerprint density at radius 2 is 1.84 bits per heavy atom. The zero-order chi connectivity index (χ0) is 16.8. The summed E-state index contributed by atoms with van der Waals surface area (Å²) < 4.78 is 0.741. The number of fused-ring (bicyclic) bond motifs is 3. The van der Waals surface area contributed by atoms with Gasteiger partial charge in [0.05, 0.1) is 11.1 Å². The largest absolute Gasteiger partial charge is 0.340 e. The van der Waals surface area contributed by atoms with E-state index in [0.717, 1.165) is 22.2 Å². The summed E-state index contributed by atoms with van der Waals surface area (Å²) >= 11 is 3.31. The summed E-state index contributed by atoms with van der Waals surface area (Å²) in [6.07, 6.45) is 3.17. The zero-order valence-electron chi connectivity index (χ0n) is 13.5. The Kier molecular flexibility index (Phi) is 5.18. The molecule has 1 aromatic rings. The Balaban J connectivity index is 0.00000182. The first-order valence-corrected chi connectivity index (χ1v) is 9.02. The lowest BCUT2D eigenvalue weighted by Gasteiger charge is -2.26. The Bertz CT molecular complexity index is 742. The molecule has 6 nitrogen and oxygen atoms in total. The standard InChI is InChI=1S/C17H18BrN3O3.ClH/c18-10-1-4-13-14(7-10)17(24)21(16(13)23)9-15(22)20-6-5-11-2-3-12(8-20)19-11;/h1,4,7,11-12,19H,2-3,5-6,8-9H2;1H. The predicted octanol–water partition coefficient (Wildman–Crippen LogP) is 1.82. The average Bonchev–Trinajstić information content (AvgIpc) is 2.99. The van der Waals surface area contributed by atoms with Crippen LogP contribution in [-0.4, -0.2) is 59.2 Å². The van der Waals surface area contributed by atoms with E-state index in [1.54, 1.807) is 23.1 Å². The van der Waals surface area contributed by atoms with Gasteiger partial charge < -0.3 is 10.2 Å². The molecule has 3 aliphatic rings. The van der Waals surface area contributed by atoms with Gasteiger partial charge in [-0.1, -0.05) is 15.9 Å². The minimum Gasteiger partial charge on any atom is -0.340 e. The van der Waals surface area contributed by atoms with Gasteiger partial charge in [0.2, 0.25) is 5.91 Å². The summed E-state index contributed by atoms with van der Waals surface area (Å²) in [5.41, 5.74) is 0.728. The fourth-order valence-electron chi connectivity index (χ4n) is 3.81. The van der Waals surface area contributed by atoms with Gasteiger partial charge >= 0.3 is 0 Å². The molecule has 2 unspecified atom stereocenters. The molecule has 3 aliphatic heterocycles. The molecular formula is C17H19BrClN3O3. The fraction of sp³-hybridized carbons (Fsp3) is 0.471. The molecule has 4 rings (SSSR count). The molecule has 1 N–H and O–H groups in total. The third kappa shape index (κ3) is 3.32. The van der Waals surface area contributed by atoms with Crippen molar-refractivity contribution >= 4 is 46.1 Å². The van der Waals surface area contributed by atoms with Crippen LogP contribution in [-0.2, 0) is 4.79 Å². The molecule has 0 radical (unpaired) electrons. The summed E-state index contributed by atoms with van der Waals surface area (Å²) in [6.45, 7) is 1.16. The topological polar surface area (TPSA) is 69.7 Å². The van der Waals surface area contributed by atoms with Crippen molar-refractivity contribution in [3.05, 3.63) is 33.8 Å². The van der Waals surface area contributed by atoms with Crippen molar-refractivity contribution in [2.75, 3.05) is 19.6 Å². The normalized spacial score (nSPS) is 24.8. The lowest BCUT2D eigenvalue weighted by Crippen LogP contribution is -2.45. The van der Waals surface area contributed by atoms with Crippen molar-refractivity contribution in [3.63, 3.8) is 0 Å². The van der Waals surface area contributed by atoms with Crippen molar-refractivity contribution < 1.29 is 14.4 Å². The highest BCUT2D eigenvalue weighted by molar-refractivity contribution is 9.10. The van der Waals surface area contributed by atoms with Crippen LogP contribution in [0.25, 0.3) is 0 Å². The van der Waals surface area contributed by atoms with E-state index >= 15 is 0 Å². The second kappa shape index (κ2) is 7.05. The van der Waals surface area contributed by atoms with Crippen LogP contribution < -0.4 is 5.32 Å². The Hall–Kier alpha value is -1.44. The molecular weight excluding hydrogens is 410 g/mol. The maximum Gasteiger partial charge on any atom is 0.262 e. The second-order valence-electron chi connectivity index (χ2n) is 6.65. The highest BCUT2D eigenvalue weighted by atomic mass is 79.9. The third-order valence-corrected chi connectivity index (χ3v) is 5.60. The number of benzene rings is 1. The minimum atomic E-state index is -0.390. The van der Waals surface area contributed by atoms with E-state index in [0.29, 0.717) is 36.3 Å². The van der Waals surface area contributed by atoms with Crippen LogP contribution in [0.2, 0.25) is 0 Å². The van der Waals surface area contributed by atoms with Gasteiger partial charge in [0.25, 0.3) is 11.8 Å². The number of imide groups is 1. The summed E-state index contributed by atoms with van der Waals surface area (Å²) in [7, 11) is 0. The van der Waals surface area contributed by atoms with Crippen LogP contribution in [0.3, 0.4) is 0 Å². The van der Waals surface area contributed by atoms with Crippen molar-refractivity contribution in [1.82, 2.24) is 15.1 Å². The van der Waals surface area contributed by atoms with Crippen LogP contribution in [0.4, 0.5) is 0 Å². The fourth-order valence-corrected chi connectivity index (χ4v) is 4.17. The highest BCUT2D eigenvalue weighted by Crippen LogP contribution is 2.26. The van der Waals surface area contributed by atoms with Gasteiger partial charge in [0.15, 0.2) is 0 Å².